The number of fused-ring (bicyclic) bond motifs is 1. The first-order chi connectivity index (χ1) is 15.5. The first-order valence-electron chi connectivity index (χ1n) is 12.3. The summed E-state index contributed by atoms with van der Waals surface area (Å²) >= 11 is 0. The van der Waals surface area contributed by atoms with Crippen molar-refractivity contribution in [2.75, 3.05) is 43.2 Å². The Morgan fingerprint density at radius 1 is 1.00 bits per heavy atom. The van der Waals surface area contributed by atoms with Gasteiger partial charge in [-0.2, -0.15) is 0 Å². The zero-order chi connectivity index (χ0) is 22.9. The standard InChI is InChI=1S/C23H40N6O3/c1-26-17-28(22-20(26)21(31)25-23(32)27(22)2)15-10-8-6-4-3-5-7-9-11-16-29(18-30)19-13-12-14-24-19/h18-19,24H,3-17H2,1-2H3,(H,25,31,32). The Morgan fingerprint density at radius 2 is 1.66 bits per heavy atom. The second-order valence-electron chi connectivity index (χ2n) is 9.23. The van der Waals surface area contributed by atoms with Crippen molar-refractivity contribution in [1.82, 2.24) is 19.8 Å². The van der Waals surface area contributed by atoms with E-state index in [9.17, 15) is 14.4 Å². The number of aromatic nitrogens is 2. The van der Waals surface area contributed by atoms with E-state index >= 15 is 0 Å². The number of aromatic amines is 1. The molecule has 1 aromatic rings. The molecular formula is C23H40N6O3. The van der Waals surface area contributed by atoms with E-state index in [2.05, 4.69) is 15.2 Å². The lowest BCUT2D eigenvalue weighted by molar-refractivity contribution is -0.120. The highest BCUT2D eigenvalue weighted by molar-refractivity contribution is 5.71. The highest BCUT2D eigenvalue weighted by Crippen LogP contribution is 2.29. The monoisotopic (exact) mass is 448 g/mol. The molecule has 2 aliphatic heterocycles. The van der Waals surface area contributed by atoms with Gasteiger partial charge in [-0.25, -0.2) is 4.79 Å². The molecule has 1 saturated heterocycles. The smallest absolute Gasteiger partial charge is 0.329 e. The number of carbonyl (C=O) groups excluding carboxylic acids is 1. The van der Waals surface area contributed by atoms with Crippen LogP contribution in [0.1, 0.15) is 70.6 Å². The molecule has 32 heavy (non-hydrogen) atoms. The van der Waals surface area contributed by atoms with Gasteiger partial charge in [0.1, 0.15) is 11.5 Å². The van der Waals surface area contributed by atoms with E-state index in [1.54, 1.807) is 11.6 Å². The highest BCUT2D eigenvalue weighted by Gasteiger charge is 2.29. The largest absolute Gasteiger partial charge is 0.349 e. The van der Waals surface area contributed by atoms with Crippen molar-refractivity contribution in [1.29, 1.82) is 0 Å². The molecule has 1 fully saturated rings. The highest BCUT2D eigenvalue weighted by atomic mass is 16.2. The quantitative estimate of drug-likeness (QED) is 0.334. The number of anilines is 2. The second kappa shape index (κ2) is 12.1. The average molecular weight is 449 g/mol. The molecule has 2 aliphatic rings. The molecule has 2 N–H and O–H groups in total. The Morgan fingerprint density at radius 3 is 2.28 bits per heavy atom. The number of H-pyrrole nitrogens is 1. The van der Waals surface area contributed by atoms with E-state index in [0.29, 0.717) is 12.4 Å². The van der Waals surface area contributed by atoms with Crippen LogP contribution in [0.25, 0.3) is 0 Å². The molecule has 9 nitrogen and oxygen atoms in total. The van der Waals surface area contributed by atoms with Gasteiger partial charge in [-0.15, -0.1) is 0 Å². The molecule has 3 heterocycles. The predicted molar refractivity (Wildman–Crippen MR) is 128 cm³/mol. The first-order valence-corrected chi connectivity index (χ1v) is 12.3. The lowest BCUT2D eigenvalue weighted by atomic mass is 10.1. The van der Waals surface area contributed by atoms with Crippen LogP contribution in [0.3, 0.4) is 0 Å². The average Bonchev–Trinajstić information content (AvgIpc) is 3.41. The molecule has 180 valence electrons. The van der Waals surface area contributed by atoms with Crippen molar-refractivity contribution in [2.24, 2.45) is 7.05 Å². The topological polar surface area (TPSA) is 93.7 Å². The van der Waals surface area contributed by atoms with Crippen molar-refractivity contribution < 1.29 is 4.79 Å². The van der Waals surface area contributed by atoms with Gasteiger partial charge >= 0.3 is 5.69 Å². The van der Waals surface area contributed by atoms with Crippen molar-refractivity contribution >= 4 is 17.9 Å². The normalized spacial score (nSPS) is 17.8. The Kier molecular flexibility index (Phi) is 9.20. The van der Waals surface area contributed by atoms with Crippen LogP contribution in [0, 0.1) is 0 Å². The van der Waals surface area contributed by atoms with Crippen LogP contribution in [-0.2, 0) is 11.8 Å². The summed E-state index contributed by atoms with van der Waals surface area (Å²) in [6.07, 6.45) is 14.2. The van der Waals surface area contributed by atoms with Crippen LogP contribution in [-0.4, -0.2) is 60.4 Å². The molecule has 1 amide bonds. The summed E-state index contributed by atoms with van der Waals surface area (Å²) in [4.78, 5) is 43.7. The van der Waals surface area contributed by atoms with Crippen LogP contribution >= 0.6 is 0 Å². The maximum atomic E-state index is 12.1. The Hall–Kier alpha value is -2.29. The van der Waals surface area contributed by atoms with Crippen LogP contribution in [0.15, 0.2) is 9.59 Å². The minimum absolute atomic E-state index is 0.257. The van der Waals surface area contributed by atoms with E-state index < -0.39 is 0 Å². The van der Waals surface area contributed by atoms with Gasteiger partial charge in [0.25, 0.3) is 5.56 Å². The Labute approximate surface area is 190 Å². The number of hydrogen-bond acceptors (Lipinski definition) is 6. The van der Waals surface area contributed by atoms with Gasteiger partial charge in [-0.05, 0) is 32.2 Å². The van der Waals surface area contributed by atoms with Crippen LogP contribution in [0.5, 0.6) is 0 Å². The van der Waals surface area contributed by atoms with Gasteiger partial charge in [-0.1, -0.05) is 44.9 Å². The number of carbonyl (C=O) groups is 1. The van der Waals surface area contributed by atoms with Gasteiger partial charge in [0.05, 0.1) is 12.8 Å². The molecule has 0 radical (unpaired) electrons. The lowest BCUT2D eigenvalue weighted by Gasteiger charge is -2.24. The number of rotatable bonds is 14. The van der Waals surface area contributed by atoms with E-state index in [4.69, 9.17) is 0 Å². The van der Waals surface area contributed by atoms with Gasteiger partial charge in [0.15, 0.2) is 0 Å². The van der Waals surface area contributed by atoms with E-state index in [0.717, 1.165) is 64.0 Å². The summed E-state index contributed by atoms with van der Waals surface area (Å²) in [7, 11) is 3.60. The maximum absolute atomic E-state index is 12.1. The molecular weight excluding hydrogens is 408 g/mol. The summed E-state index contributed by atoms with van der Waals surface area (Å²) in [6, 6.07) is 0. The molecule has 0 bridgehead atoms. The van der Waals surface area contributed by atoms with Gasteiger partial charge in [0.2, 0.25) is 6.41 Å². The third-order valence-electron chi connectivity index (χ3n) is 6.75. The number of amides is 1. The van der Waals surface area contributed by atoms with Crippen molar-refractivity contribution in [3.8, 4) is 0 Å². The zero-order valence-electron chi connectivity index (χ0n) is 19.8. The molecule has 0 saturated carbocycles. The third-order valence-corrected chi connectivity index (χ3v) is 6.75. The summed E-state index contributed by atoms with van der Waals surface area (Å²) in [5.41, 5.74) is -0.0758. The predicted octanol–water partition coefficient (Wildman–Crippen LogP) is 1.97. The number of nitrogens with zero attached hydrogens (tertiary/aromatic N) is 4. The van der Waals surface area contributed by atoms with Crippen LogP contribution < -0.4 is 26.4 Å². The van der Waals surface area contributed by atoms with Gasteiger partial charge < -0.3 is 14.7 Å². The van der Waals surface area contributed by atoms with Gasteiger partial charge in [-0.3, -0.25) is 24.5 Å². The Balaban J connectivity index is 1.23. The van der Waals surface area contributed by atoms with E-state index in [-0.39, 0.29) is 17.4 Å². The molecule has 0 aromatic carbocycles. The summed E-state index contributed by atoms with van der Waals surface area (Å²) in [5.74, 6) is 0.734. The van der Waals surface area contributed by atoms with Crippen molar-refractivity contribution in [2.45, 2.75) is 76.8 Å². The van der Waals surface area contributed by atoms with Crippen LogP contribution in [0.4, 0.5) is 11.5 Å². The summed E-state index contributed by atoms with van der Waals surface area (Å²) in [6.45, 7) is 3.40. The molecule has 0 spiro atoms. The van der Waals surface area contributed by atoms with E-state index in [1.807, 2.05) is 16.8 Å². The minimum atomic E-state index is -0.358. The van der Waals surface area contributed by atoms with Crippen LogP contribution in [0.2, 0.25) is 0 Å². The molecule has 1 atom stereocenters. The first kappa shape index (κ1) is 24.4. The van der Waals surface area contributed by atoms with Crippen molar-refractivity contribution in [3.63, 3.8) is 0 Å². The fourth-order valence-corrected chi connectivity index (χ4v) is 4.94. The molecule has 1 aromatic heterocycles. The maximum Gasteiger partial charge on any atom is 0.329 e. The zero-order valence-corrected chi connectivity index (χ0v) is 19.8. The fraction of sp³-hybridized carbons (Fsp3) is 0.783. The SMILES string of the molecule is CN1CN(CCCCCCCCCCCN(C=O)C2CCCN2)c2c1c(=O)[nH]c(=O)n2C. The van der Waals surface area contributed by atoms with E-state index in [1.165, 1.54) is 38.5 Å². The number of unbranched alkanes of at least 4 members (excludes halogenated alkanes) is 8. The Bertz CT molecular complexity index is 845. The number of nitrogens with one attached hydrogen (secondary N) is 2. The molecule has 3 rings (SSSR count). The van der Waals surface area contributed by atoms with Gasteiger partial charge in [0, 0.05) is 27.2 Å². The molecule has 0 aliphatic carbocycles. The van der Waals surface area contributed by atoms with Crippen molar-refractivity contribution in [3.05, 3.63) is 20.8 Å². The molecule has 9 heteroatoms. The number of hydrogen-bond donors (Lipinski definition) is 2. The lowest BCUT2D eigenvalue weighted by Crippen LogP contribution is -2.41. The summed E-state index contributed by atoms with van der Waals surface area (Å²) < 4.78 is 1.54. The third kappa shape index (κ3) is 6.15. The summed E-state index contributed by atoms with van der Waals surface area (Å²) in [5, 5.41) is 3.38. The second-order valence-corrected chi connectivity index (χ2v) is 9.23. The fourth-order valence-electron chi connectivity index (χ4n) is 4.94. The molecule has 1 unspecified atom stereocenters. The minimum Gasteiger partial charge on any atom is -0.349 e.